The molecule has 39 heavy (non-hydrogen) atoms. The number of hydrazone groups is 1. The van der Waals surface area contributed by atoms with Gasteiger partial charge in [0.25, 0.3) is 5.91 Å². The van der Waals surface area contributed by atoms with Crippen LogP contribution in [0.15, 0.2) is 126 Å². The summed E-state index contributed by atoms with van der Waals surface area (Å²) in [4.78, 5) is 27.1. The Morgan fingerprint density at radius 1 is 0.821 bits per heavy atom. The number of benzene rings is 4. The smallest absolute Gasteiger partial charge is 0.264 e. The Balaban J connectivity index is 1.63. The number of aryl methyl sites for hydroxylation is 1. The number of rotatable bonds is 5. The predicted molar refractivity (Wildman–Crippen MR) is 153 cm³/mol. The van der Waals surface area contributed by atoms with Crippen molar-refractivity contribution in [3.63, 3.8) is 0 Å². The lowest BCUT2D eigenvalue weighted by molar-refractivity contribution is -0.527. The highest BCUT2D eigenvalue weighted by Crippen LogP contribution is 2.54. The van der Waals surface area contributed by atoms with E-state index in [1.807, 2.05) is 128 Å². The van der Waals surface area contributed by atoms with Gasteiger partial charge in [-0.1, -0.05) is 115 Å². The van der Waals surface area contributed by atoms with E-state index >= 15 is 0 Å². The molecule has 0 saturated heterocycles. The van der Waals surface area contributed by atoms with Gasteiger partial charge in [-0.05, 0) is 41.3 Å². The fourth-order valence-corrected chi connectivity index (χ4v) is 5.84. The lowest BCUT2D eigenvalue weighted by Gasteiger charge is -2.39. The lowest BCUT2D eigenvalue weighted by atomic mass is 9.61. The SMILES string of the molecule is Cc1ccc([C@H]2C=C(c3ccccc3)[C@@]3(C[C@@H]2[N+](=O)[O-])C(=O)N(c2ccccc2)N=C3c2ccccc2)cc1. The summed E-state index contributed by atoms with van der Waals surface area (Å²) in [5, 5.41) is 19.0. The molecule has 0 bridgehead atoms. The molecular weight excluding hydrogens is 486 g/mol. The van der Waals surface area contributed by atoms with Crippen LogP contribution < -0.4 is 5.01 Å². The Bertz CT molecular complexity index is 1580. The molecule has 0 aromatic heterocycles. The van der Waals surface area contributed by atoms with Crippen molar-refractivity contribution in [2.75, 3.05) is 5.01 Å². The molecular formula is C33H27N3O3. The van der Waals surface area contributed by atoms with Gasteiger partial charge in [0.1, 0.15) is 5.41 Å². The van der Waals surface area contributed by atoms with Crippen molar-refractivity contribution >= 4 is 22.9 Å². The molecule has 6 nitrogen and oxygen atoms in total. The molecule has 0 N–H and O–H groups in total. The third-order valence-corrected chi connectivity index (χ3v) is 7.76. The normalized spacial score (nSPS) is 22.5. The zero-order chi connectivity index (χ0) is 27.0. The molecule has 3 atom stereocenters. The topological polar surface area (TPSA) is 75.8 Å². The Morgan fingerprint density at radius 3 is 1.97 bits per heavy atom. The van der Waals surface area contributed by atoms with Crippen LogP contribution in [0, 0.1) is 22.5 Å². The molecule has 0 unspecified atom stereocenters. The third kappa shape index (κ3) is 4.14. The lowest BCUT2D eigenvalue weighted by Crippen LogP contribution is -2.49. The first kappa shape index (κ1) is 24.5. The molecule has 6 rings (SSSR count). The van der Waals surface area contributed by atoms with E-state index in [0.717, 1.165) is 27.8 Å². The van der Waals surface area contributed by atoms with Crippen molar-refractivity contribution in [3.05, 3.63) is 154 Å². The summed E-state index contributed by atoms with van der Waals surface area (Å²) in [5.74, 6) is -0.783. The van der Waals surface area contributed by atoms with Crippen LogP contribution in [0.5, 0.6) is 0 Å². The first-order valence-corrected chi connectivity index (χ1v) is 13.0. The largest absolute Gasteiger partial charge is 0.271 e. The highest BCUT2D eigenvalue weighted by atomic mass is 16.6. The summed E-state index contributed by atoms with van der Waals surface area (Å²) in [5.41, 5.74) is 4.12. The zero-order valence-electron chi connectivity index (χ0n) is 21.5. The molecule has 1 spiro atoms. The van der Waals surface area contributed by atoms with Crippen LogP contribution in [0.4, 0.5) is 5.69 Å². The van der Waals surface area contributed by atoms with Gasteiger partial charge in [-0.3, -0.25) is 14.9 Å². The van der Waals surface area contributed by atoms with E-state index in [-0.39, 0.29) is 17.3 Å². The Labute approximate surface area is 227 Å². The fourth-order valence-electron chi connectivity index (χ4n) is 5.84. The Morgan fingerprint density at radius 2 is 1.38 bits per heavy atom. The number of para-hydroxylation sites is 1. The molecule has 6 heteroatoms. The second-order valence-electron chi connectivity index (χ2n) is 10.1. The van der Waals surface area contributed by atoms with Gasteiger partial charge in [0.2, 0.25) is 6.04 Å². The quantitative estimate of drug-likeness (QED) is 0.221. The van der Waals surface area contributed by atoms with Gasteiger partial charge in [-0.2, -0.15) is 10.1 Å². The van der Waals surface area contributed by atoms with Crippen LogP contribution in [0.2, 0.25) is 0 Å². The van der Waals surface area contributed by atoms with Crippen molar-refractivity contribution in [2.24, 2.45) is 10.5 Å². The van der Waals surface area contributed by atoms with E-state index in [1.54, 1.807) is 0 Å². The molecule has 1 amide bonds. The second kappa shape index (κ2) is 9.80. The Kier molecular flexibility index (Phi) is 6.15. The minimum Gasteiger partial charge on any atom is -0.271 e. The summed E-state index contributed by atoms with van der Waals surface area (Å²) in [7, 11) is 0. The van der Waals surface area contributed by atoms with Crippen molar-refractivity contribution in [2.45, 2.75) is 25.3 Å². The minimum atomic E-state index is -1.34. The number of hydrogen-bond donors (Lipinski definition) is 0. The average molecular weight is 514 g/mol. The van der Waals surface area contributed by atoms with Gasteiger partial charge in [-0.25, -0.2) is 0 Å². The number of nitrogens with zero attached hydrogens (tertiary/aromatic N) is 3. The second-order valence-corrected chi connectivity index (χ2v) is 10.1. The summed E-state index contributed by atoms with van der Waals surface area (Å²) in [6, 6.07) is 35.3. The predicted octanol–water partition coefficient (Wildman–Crippen LogP) is 6.65. The van der Waals surface area contributed by atoms with Crippen LogP contribution >= 0.6 is 0 Å². The van der Waals surface area contributed by atoms with Crippen LogP contribution in [0.3, 0.4) is 0 Å². The molecule has 0 fully saturated rings. The number of hydrogen-bond acceptors (Lipinski definition) is 4. The van der Waals surface area contributed by atoms with Gasteiger partial charge in [0.15, 0.2) is 0 Å². The number of carbonyl (C=O) groups is 1. The van der Waals surface area contributed by atoms with E-state index in [1.165, 1.54) is 5.01 Å². The molecule has 1 aliphatic carbocycles. The van der Waals surface area contributed by atoms with E-state index < -0.39 is 17.4 Å². The van der Waals surface area contributed by atoms with E-state index in [9.17, 15) is 14.9 Å². The van der Waals surface area contributed by atoms with Gasteiger partial charge >= 0.3 is 0 Å². The average Bonchev–Trinajstić information content (AvgIpc) is 3.26. The summed E-state index contributed by atoms with van der Waals surface area (Å²) < 4.78 is 0. The number of nitro groups is 1. The molecule has 4 aromatic rings. The van der Waals surface area contributed by atoms with Crippen LogP contribution in [-0.2, 0) is 4.79 Å². The minimum absolute atomic E-state index is 0.00480. The first-order chi connectivity index (χ1) is 19.0. The van der Waals surface area contributed by atoms with E-state index in [4.69, 9.17) is 5.10 Å². The number of carbonyl (C=O) groups excluding carboxylic acids is 1. The van der Waals surface area contributed by atoms with Gasteiger partial charge in [0, 0.05) is 11.3 Å². The van der Waals surface area contributed by atoms with Crippen molar-refractivity contribution in [1.82, 2.24) is 0 Å². The van der Waals surface area contributed by atoms with Crippen molar-refractivity contribution < 1.29 is 9.72 Å². The molecule has 1 aliphatic heterocycles. The van der Waals surface area contributed by atoms with Crippen LogP contribution in [-0.4, -0.2) is 22.6 Å². The molecule has 192 valence electrons. The number of amides is 1. The standard InChI is InChI=1S/C33H27N3O3/c1-23-17-19-24(20-18-23)28-21-29(25-11-5-2-6-12-25)33(22-30(28)36(38)39)31(26-13-7-3-8-14-26)34-35(32(33)37)27-15-9-4-10-16-27/h2-21,28,30H,22H2,1H3/t28-,30+,33-/m1/s1. The van der Waals surface area contributed by atoms with Crippen LogP contribution in [0.1, 0.15) is 34.6 Å². The van der Waals surface area contributed by atoms with Crippen molar-refractivity contribution in [3.8, 4) is 0 Å². The number of anilines is 1. The first-order valence-electron chi connectivity index (χ1n) is 13.0. The summed E-state index contributed by atoms with van der Waals surface area (Å²) in [6.07, 6.45) is 1.94. The van der Waals surface area contributed by atoms with E-state index in [2.05, 4.69) is 0 Å². The maximum Gasteiger partial charge on any atom is 0.264 e. The van der Waals surface area contributed by atoms with Gasteiger partial charge in [0.05, 0.1) is 17.3 Å². The van der Waals surface area contributed by atoms with E-state index in [0.29, 0.717) is 11.4 Å². The molecule has 4 aromatic carbocycles. The Hall–Kier alpha value is -4.84. The zero-order valence-corrected chi connectivity index (χ0v) is 21.5. The van der Waals surface area contributed by atoms with Crippen LogP contribution in [0.25, 0.3) is 5.57 Å². The maximum atomic E-state index is 14.7. The molecule has 0 saturated carbocycles. The molecule has 0 radical (unpaired) electrons. The third-order valence-electron chi connectivity index (χ3n) is 7.76. The highest BCUT2D eigenvalue weighted by Gasteiger charge is 2.60. The summed E-state index contributed by atoms with van der Waals surface area (Å²) in [6.45, 7) is 1.99. The van der Waals surface area contributed by atoms with Crippen molar-refractivity contribution in [1.29, 1.82) is 0 Å². The monoisotopic (exact) mass is 513 g/mol. The molecule has 2 aliphatic rings. The summed E-state index contributed by atoms with van der Waals surface area (Å²) >= 11 is 0. The van der Waals surface area contributed by atoms with Gasteiger partial charge < -0.3 is 0 Å². The molecule has 1 heterocycles. The fraction of sp³-hybridized carbons (Fsp3) is 0.152. The maximum absolute atomic E-state index is 14.7. The highest BCUT2D eigenvalue weighted by molar-refractivity contribution is 6.31. The van der Waals surface area contributed by atoms with Gasteiger partial charge in [-0.15, -0.1) is 0 Å².